The van der Waals surface area contributed by atoms with E-state index in [9.17, 15) is 13.2 Å². The summed E-state index contributed by atoms with van der Waals surface area (Å²) in [6, 6.07) is 11.0. The second-order valence-electron chi connectivity index (χ2n) is 6.32. The van der Waals surface area contributed by atoms with Gasteiger partial charge in [-0.2, -0.15) is 0 Å². The molecule has 2 fully saturated rings. The average molecular weight is 484 g/mol. The first kappa shape index (κ1) is 18.9. The fourth-order valence-electron chi connectivity index (χ4n) is 3.13. The summed E-state index contributed by atoms with van der Waals surface area (Å²) in [5.41, 5.74) is 0.924. The smallest absolute Gasteiger partial charge is 0.266 e. The molecule has 0 aliphatic carbocycles. The van der Waals surface area contributed by atoms with Gasteiger partial charge in [0.05, 0.1) is 22.5 Å². The van der Waals surface area contributed by atoms with E-state index in [1.165, 1.54) is 16.7 Å². The van der Waals surface area contributed by atoms with Gasteiger partial charge in [-0.3, -0.25) is 9.69 Å². The molecule has 1 aromatic carbocycles. The molecule has 27 heavy (non-hydrogen) atoms. The Kier molecular flexibility index (Phi) is 5.04. The van der Waals surface area contributed by atoms with Gasteiger partial charge < -0.3 is 4.42 Å². The average Bonchev–Trinajstić information content (AvgIpc) is 3.27. The van der Waals surface area contributed by atoms with Crippen LogP contribution in [0.3, 0.4) is 0 Å². The number of rotatable bonds is 3. The van der Waals surface area contributed by atoms with Crippen molar-refractivity contribution in [1.29, 1.82) is 0 Å². The van der Waals surface area contributed by atoms with Crippen LogP contribution >= 0.6 is 39.9 Å². The predicted molar refractivity (Wildman–Crippen MR) is 114 cm³/mol. The Morgan fingerprint density at radius 1 is 1.30 bits per heavy atom. The molecule has 0 radical (unpaired) electrons. The number of sulfone groups is 1. The van der Waals surface area contributed by atoms with Crippen LogP contribution in [0.2, 0.25) is 0 Å². The van der Waals surface area contributed by atoms with Gasteiger partial charge in [0, 0.05) is 16.1 Å². The summed E-state index contributed by atoms with van der Waals surface area (Å²) < 4.78 is 30.6. The number of hydrogen-bond donors (Lipinski definition) is 0. The lowest BCUT2D eigenvalue weighted by Crippen LogP contribution is -2.39. The first-order valence-corrected chi connectivity index (χ1v) is 12.0. The standard InChI is InChI=1S/C18H14BrNO4S3/c19-12-3-1-2-11(8-12)15-5-4-14(24-15)9-16-17(21)20(18(25)26-16)13-6-7-27(22,23)10-13/h1-5,8-9,13H,6-7,10H2/b16-9-. The van der Waals surface area contributed by atoms with E-state index in [1.807, 2.05) is 30.3 Å². The molecule has 2 aliphatic rings. The third kappa shape index (κ3) is 3.91. The van der Waals surface area contributed by atoms with Crippen LogP contribution in [0.5, 0.6) is 0 Å². The second-order valence-corrected chi connectivity index (χ2v) is 11.1. The number of halogens is 1. The molecule has 2 aliphatic heterocycles. The fraction of sp³-hybridized carbons (Fsp3) is 0.222. The van der Waals surface area contributed by atoms with Crippen LogP contribution in [-0.2, 0) is 14.6 Å². The summed E-state index contributed by atoms with van der Waals surface area (Å²) in [6.45, 7) is 0. The summed E-state index contributed by atoms with van der Waals surface area (Å²) in [5.74, 6) is 1.06. The molecule has 1 amide bonds. The minimum atomic E-state index is -3.09. The van der Waals surface area contributed by atoms with Crippen molar-refractivity contribution < 1.29 is 17.6 Å². The van der Waals surface area contributed by atoms with Gasteiger partial charge in [-0.1, -0.05) is 52.0 Å². The Morgan fingerprint density at radius 2 is 2.11 bits per heavy atom. The van der Waals surface area contributed by atoms with Crippen LogP contribution in [0.1, 0.15) is 12.2 Å². The molecule has 0 bridgehead atoms. The number of carbonyl (C=O) groups excluding carboxylic acids is 1. The van der Waals surface area contributed by atoms with Gasteiger partial charge in [-0.05, 0) is 30.7 Å². The van der Waals surface area contributed by atoms with E-state index in [4.69, 9.17) is 16.6 Å². The van der Waals surface area contributed by atoms with E-state index in [0.29, 0.717) is 27.2 Å². The Bertz CT molecular complexity index is 1070. The van der Waals surface area contributed by atoms with Crippen molar-refractivity contribution in [3.05, 3.63) is 51.5 Å². The van der Waals surface area contributed by atoms with E-state index in [0.717, 1.165) is 10.0 Å². The van der Waals surface area contributed by atoms with Gasteiger partial charge in [-0.15, -0.1) is 0 Å². The molecule has 0 N–H and O–H groups in total. The molecule has 1 aromatic heterocycles. The van der Waals surface area contributed by atoms with Crippen LogP contribution < -0.4 is 0 Å². The van der Waals surface area contributed by atoms with Crippen molar-refractivity contribution >= 4 is 66.1 Å². The topological polar surface area (TPSA) is 67.6 Å². The van der Waals surface area contributed by atoms with Crippen LogP contribution in [0.25, 0.3) is 17.4 Å². The van der Waals surface area contributed by atoms with Crippen molar-refractivity contribution in [3.8, 4) is 11.3 Å². The van der Waals surface area contributed by atoms with Crippen LogP contribution in [0.4, 0.5) is 0 Å². The number of nitrogens with zero attached hydrogens (tertiary/aromatic N) is 1. The third-order valence-electron chi connectivity index (χ3n) is 4.41. The lowest BCUT2D eigenvalue weighted by Gasteiger charge is -2.20. The Labute approximate surface area is 174 Å². The zero-order valence-corrected chi connectivity index (χ0v) is 18.0. The van der Waals surface area contributed by atoms with Gasteiger partial charge in [0.15, 0.2) is 9.84 Å². The molecule has 4 rings (SSSR count). The maximum Gasteiger partial charge on any atom is 0.266 e. The normalized spacial score (nSPS) is 23.5. The lowest BCUT2D eigenvalue weighted by molar-refractivity contribution is -0.123. The highest BCUT2D eigenvalue weighted by atomic mass is 79.9. The number of hydrogen-bond acceptors (Lipinski definition) is 6. The summed E-state index contributed by atoms with van der Waals surface area (Å²) >= 11 is 9.93. The van der Waals surface area contributed by atoms with E-state index in [-0.39, 0.29) is 23.5 Å². The molecule has 5 nitrogen and oxygen atoms in total. The first-order valence-electron chi connectivity index (χ1n) is 8.16. The van der Waals surface area contributed by atoms with Gasteiger partial charge in [0.2, 0.25) is 0 Å². The molecule has 9 heteroatoms. The Hall–Kier alpha value is -1.42. The quantitative estimate of drug-likeness (QED) is 0.483. The van der Waals surface area contributed by atoms with Gasteiger partial charge in [0.1, 0.15) is 15.8 Å². The van der Waals surface area contributed by atoms with E-state index < -0.39 is 9.84 Å². The SMILES string of the molecule is O=C1/C(=C/c2ccc(-c3cccc(Br)c3)o2)SC(=S)N1C1CCS(=O)(=O)C1. The highest BCUT2D eigenvalue weighted by Gasteiger charge is 2.42. The summed E-state index contributed by atoms with van der Waals surface area (Å²) in [5, 5.41) is 0. The van der Waals surface area contributed by atoms with Crippen LogP contribution in [-0.4, -0.2) is 41.1 Å². The van der Waals surface area contributed by atoms with Gasteiger partial charge >= 0.3 is 0 Å². The minimum Gasteiger partial charge on any atom is -0.457 e. The largest absolute Gasteiger partial charge is 0.457 e. The Morgan fingerprint density at radius 3 is 2.81 bits per heavy atom. The monoisotopic (exact) mass is 483 g/mol. The van der Waals surface area contributed by atoms with E-state index in [2.05, 4.69) is 15.9 Å². The zero-order valence-electron chi connectivity index (χ0n) is 13.9. The van der Waals surface area contributed by atoms with Crippen molar-refractivity contribution in [2.75, 3.05) is 11.5 Å². The number of benzene rings is 1. The molecular weight excluding hydrogens is 470 g/mol. The van der Waals surface area contributed by atoms with Crippen LogP contribution in [0, 0.1) is 0 Å². The maximum absolute atomic E-state index is 12.7. The van der Waals surface area contributed by atoms with Crippen molar-refractivity contribution in [2.45, 2.75) is 12.5 Å². The van der Waals surface area contributed by atoms with E-state index >= 15 is 0 Å². The fourth-order valence-corrected chi connectivity index (χ4v) is 6.61. The van der Waals surface area contributed by atoms with Crippen molar-refractivity contribution in [2.24, 2.45) is 0 Å². The molecular formula is C18H14BrNO4S3. The summed E-state index contributed by atoms with van der Waals surface area (Å²) in [7, 11) is -3.09. The lowest BCUT2D eigenvalue weighted by atomic mass is 10.2. The van der Waals surface area contributed by atoms with Gasteiger partial charge in [0.25, 0.3) is 5.91 Å². The predicted octanol–water partition coefficient (Wildman–Crippen LogP) is 4.10. The molecule has 3 heterocycles. The number of furan rings is 1. The van der Waals surface area contributed by atoms with Crippen LogP contribution in [0.15, 0.2) is 50.2 Å². The van der Waals surface area contributed by atoms with Crippen molar-refractivity contribution in [1.82, 2.24) is 4.90 Å². The highest BCUT2D eigenvalue weighted by molar-refractivity contribution is 9.10. The zero-order chi connectivity index (χ0) is 19.2. The molecule has 2 aromatic rings. The molecule has 140 valence electrons. The molecule has 0 spiro atoms. The second kappa shape index (κ2) is 7.20. The number of carbonyl (C=O) groups is 1. The molecule has 1 unspecified atom stereocenters. The van der Waals surface area contributed by atoms with Crippen molar-refractivity contribution in [3.63, 3.8) is 0 Å². The number of amides is 1. The number of thioether (sulfide) groups is 1. The minimum absolute atomic E-state index is 0.0273. The summed E-state index contributed by atoms with van der Waals surface area (Å²) in [6.07, 6.45) is 2.08. The molecule has 1 atom stereocenters. The highest BCUT2D eigenvalue weighted by Crippen LogP contribution is 2.37. The first-order chi connectivity index (χ1) is 12.8. The third-order valence-corrected chi connectivity index (χ3v) is 7.98. The molecule has 2 saturated heterocycles. The maximum atomic E-state index is 12.7. The van der Waals surface area contributed by atoms with E-state index in [1.54, 1.807) is 12.1 Å². The Balaban J connectivity index is 1.57. The van der Waals surface area contributed by atoms with Gasteiger partial charge in [-0.25, -0.2) is 8.42 Å². The number of thiocarbonyl (C=S) groups is 1. The summed E-state index contributed by atoms with van der Waals surface area (Å²) in [4.78, 5) is 14.6. The molecule has 0 saturated carbocycles.